The number of fused-ring (bicyclic) bond motifs is 6. The first kappa shape index (κ1) is 27.7. The molecule has 47 heavy (non-hydrogen) atoms. The molecule has 3 heteroatoms. The molecule has 0 saturated heterocycles. The van der Waals surface area contributed by atoms with Crippen LogP contribution in [-0.2, 0) is 0 Å². The number of anilines is 1. The van der Waals surface area contributed by atoms with Gasteiger partial charge in [-0.05, 0) is 86.4 Å². The van der Waals surface area contributed by atoms with Gasteiger partial charge in [0.15, 0.2) is 0 Å². The summed E-state index contributed by atoms with van der Waals surface area (Å²) >= 11 is 0. The predicted molar refractivity (Wildman–Crippen MR) is 199 cm³/mol. The first-order valence-electron chi connectivity index (χ1n) is 16.9. The van der Waals surface area contributed by atoms with Crippen LogP contribution < -0.4 is 4.90 Å². The summed E-state index contributed by atoms with van der Waals surface area (Å²) in [5, 5.41) is 5.22. The van der Waals surface area contributed by atoms with Crippen molar-refractivity contribution in [1.82, 2.24) is 9.13 Å². The van der Waals surface area contributed by atoms with Crippen molar-refractivity contribution in [3.05, 3.63) is 169 Å². The average Bonchev–Trinajstić information content (AvgIpc) is 3.66. The fourth-order valence-electron chi connectivity index (χ4n) is 7.85. The Balaban J connectivity index is 1.11. The second kappa shape index (κ2) is 11.4. The smallest absolute Gasteiger partial charge is 0.0561 e. The van der Waals surface area contributed by atoms with E-state index in [2.05, 4.69) is 173 Å². The monoisotopic (exact) mass is 607 g/mol. The highest BCUT2D eigenvalue weighted by Crippen LogP contribution is 2.39. The summed E-state index contributed by atoms with van der Waals surface area (Å²) in [5.41, 5.74) is 11.5. The van der Waals surface area contributed by atoms with Crippen molar-refractivity contribution in [2.75, 3.05) is 4.90 Å². The Morgan fingerprint density at radius 1 is 0.617 bits per heavy atom. The molecule has 2 aliphatic carbocycles. The number of hydrogen-bond donors (Lipinski definition) is 0. The minimum atomic E-state index is 0.259. The van der Waals surface area contributed by atoms with Crippen molar-refractivity contribution in [2.24, 2.45) is 0 Å². The zero-order valence-corrected chi connectivity index (χ0v) is 26.7. The fraction of sp³-hybridized carbons (Fsp3) is 0.136. The van der Waals surface area contributed by atoms with E-state index < -0.39 is 0 Å². The highest BCUT2D eigenvalue weighted by molar-refractivity contribution is 6.09. The molecule has 0 spiro atoms. The number of aromatic nitrogens is 2. The fourth-order valence-corrected chi connectivity index (χ4v) is 7.85. The number of nitrogens with zero attached hydrogens (tertiary/aromatic N) is 3. The Labute approximate surface area is 275 Å². The van der Waals surface area contributed by atoms with E-state index in [0.717, 1.165) is 25.7 Å². The van der Waals surface area contributed by atoms with Crippen LogP contribution in [0.1, 0.15) is 38.6 Å². The second-order valence-electron chi connectivity index (χ2n) is 12.8. The van der Waals surface area contributed by atoms with Crippen LogP contribution >= 0.6 is 0 Å². The molecule has 228 valence electrons. The molecule has 2 aromatic heterocycles. The number of benzene rings is 5. The van der Waals surface area contributed by atoms with E-state index in [9.17, 15) is 0 Å². The number of hydrogen-bond acceptors (Lipinski definition) is 1. The molecule has 0 fully saturated rings. The lowest BCUT2D eigenvalue weighted by atomic mass is 9.98. The molecule has 5 aromatic carbocycles. The van der Waals surface area contributed by atoms with E-state index in [-0.39, 0.29) is 6.04 Å². The molecule has 7 aromatic rings. The molecule has 3 nitrogen and oxygen atoms in total. The van der Waals surface area contributed by atoms with E-state index >= 15 is 0 Å². The van der Waals surface area contributed by atoms with Crippen molar-refractivity contribution < 1.29 is 0 Å². The van der Waals surface area contributed by atoms with Crippen LogP contribution in [-0.4, -0.2) is 9.13 Å². The van der Waals surface area contributed by atoms with Crippen molar-refractivity contribution in [3.8, 4) is 5.69 Å². The van der Waals surface area contributed by atoms with Crippen molar-refractivity contribution >= 4 is 49.3 Å². The summed E-state index contributed by atoms with van der Waals surface area (Å²) in [4.78, 5) is 2.48. The lowest BCUT2D eigenvalue weighted by Gasteiger charge is -2.33. The van der Waals surface area contributed by atoms with Crippen LogP contribution in [0.4, 0.5) is 5.69 Å². The SMILES string of the molecule is CCC1=CC=C(N(C2=CCC(n3c4ccccc4c4ccccc43)C=C2)c2ccc(-n3c4ccccc4c4ccccc43)cc2)CC1. The van der Waals surface area contributed by atoms with E-state index in [1.54, 1.807) is 0 Å². The third kappa shape index (κ3) is 4.57. The summed E-state index contributed by atoms with van der Waals surface area (Å²) in [6, 6.07) is 44.5. The highest BCUT2D eigenvalue weighted by atomic mass is 15.2. The van der Waals surface area contributed by atoms with Crippen LogP contribution in [0.3, 0.4) is 0 Å². The molecule has 0 N–H and O–H groups in total. The maximum Gasteiger partial charge on any atom is 0.0561 e. The molecule has 2 aliphatic rings. The lowest BCUT2D eigenvalue weighted by molar-refractivity contribution is 0.642. The summed E-state index contributed by atoms with van der Waals surface area (Å²) in [6.45, 7) is 2.26. The first-order valence-corrected chi connectivity index (χ1v) is 16.9. The number of allylic oxidation sites excluding steroid dienone is 7. The second-order valence-corrected chi connectivity index (χ2v) is 12.8. The Morgan fingerprint density at radius 2 is 1.17 bits per heavy atom. The van der Waals surface area contributed by atoms with Gasteiger partial charge in [0, 0.05) is 55.3 Å². The molecule has 0 bridgehead atoms. The van der Waals surface area contributed by atoms with E-state index in [1.165, 1.54) is 72.0 Å². The molecule has 9 rings (SSSR count). The van der Waals surface area contributed by atoms with Crippen molar-refractivity contribution in [2.45, 2.75) is 38.6 Å². The van der Waals surface area contributed by atoms with Crippen LogP contribution in [0.15, 0.2) is 169 Å². The minimum Gasteiger partial charge on any atom is -0.333 e. The molecule has 0 radical (unpaired) electrons. The predicted octanol–water partition coefficient (Wildman–Crippen LogP) is 11.8. The van der Waals surface area contributed by atoms with Gasteiger partial charge in [0.2, 0.25) is 0 Å². The van der Waals surface area contributed by atoms with Gasteiger partial charge in [-0.1, -0.05) is 104 Å². The highest BCUT2D eigenvalue weighted by Gasteiger charge is 2.23. The van der Waals surface area contributed by atoms with Crippen molar-refractivity contribution in [3.63, 3.8) is 0 Å². The largest absolute Gasteiger partial charge is 0.333 e. The molecule has 0 amide bonds. The van der Waals surface area contributed by atoms with Gasteiger partial charge in [0.05, 0.1) is 17.1 Å². The van der Waals surface area contributed by atoms with Crippen LogP contribution in [0.5, 0.6) is 0 Å². The van der Waals surface area contributed by atoms with Crippen molar-refractivity contribution in [1.29, 1.82) is 0 Å². The average molecular weight is 608 g/mol. The van der Waals surface area contributed by atoms with Gasteiger partial charge in [0.25, 0.3) is 0 Å². The molecule has 2 heterocycles. The normalized spacial score (nSPS) is 16.5. The topological polar surface area (TPSA) is 13.1 Å². The van der Waals surface area contributed by atoms with Gasteiger partial charge in [-0.3, -0.25) is 0 Å². The summed E-state index contributed by atoms with van der Waals surface area (Å²) in [7, 11) is 0. The Bertz CT molecular complexity index is 2320. The Kier molecular flexibility index (Phi) is 6.71. The van der Waals surface area contributed by atoms with Gasteiger partial charge >= 0.3 is 0 Å². The Hall–Kier alpha value is -5.54. The van der Waals surface area contributed by atoms with E-state index in [4.69, 9.17) is 0 Å². The number of para-hydroxylation sites is 4. The van der Waals surface area contributed by atoms with Crippen LogP contribution in [0.25, 0.3) is 49.3 Å². The maximum atomic E-state index is 2.52. The number of rotatable bonds is 6. The summed E-state index contributed by atoms with van der Waals surface area (Å²) < 4.78 is 4.92. The third-order valence-corrected chi connectivity index (χ3v) is 10.2. The first-order chi connectivity index (χ1) is 23.3. The van der Waals surface area contributed by atoms with Crippen LogP contribution in [0, 0.1) is 0 Å². The quantitative estimate of drug-likeness (QED) is 0.183. The van der Waals surface area contributed by atoms with Gasteiger partial charge < -0.3 is 14.0 Å². The third-order valence-electron chi connectivity index (χ3n) is 10.2. The molecule has 1 unspecified atom stereocenters. The molecule has 0 saturated carbocycles. The summed E-state index contributed by atoms with van der Waals surface area (Å²) in [5.74, 6) is 0. The molecular formula is C44H37N3. The zero-order valence-electron chi connectivity index (χ0n) is 26.7. The molecule has 0 aliphatic heterocycles. The lowest BCUT2D eigenvalue weighted by Crippen LogP contribution is -2.24. The Morgan fingerprint density at radius 3 is 1.68 bits per heavy atom. The standard InChI is InChI=1S/C44H37N3/c1-2-31-19-21-32(22-20-31)45(33-23-27-35(28-24-33)46-41-15-7-3-11-37(41)38-12-4-8-16-42(38)46)34-25-29-36(30-26-34)47-43-17-9-5-13-39(43)40-14-6-10-18-44(40)47/h3-19,21,23-29,36H,2,20,22,30H2,1H3. The zero-order chi connectivity index (χ0) is 31.3. The van der Waals surface area contributed by atoms with Gasteiger partial charge in [-0.25, -0.2) is 0 Å². The van der Waals surface area contributed by atoms with Crippen LogP contribution in [0.2, 0.25) is 0 Å². The van der Waals surface area contributed by atoms with Gasteiger partial charge in [0.1, 0.15) is 0 Å². The van der Waals surface area contributed by atoms with Gasteiger partial charge in [-0.2, -0.15) is 0 Å². The van der Waals surface area contributed by atoms with E-state index in [0.29, 0.717) is 0 Å². The maximum absolute atomic E-state index is 2.52. The minimum absolute atomic E-state index is 0.259. The molecular weight excluding hydrogens is 571 g/mol. The molecule has 1 atom stereocenters. The van der Waals surface area contributed by atoms with Gasteiger partial charge in [-0.15, -0.1) is 0 Å². The van der Waals surface area contributed by atoms with E-state index in [1.807, 2.05) is 0 Å². The summed E-state index contributed by atoms with van der Waals surface area (Å²) in [6.07, 6.45) is 16.1.